The third-order valence-electron chi connectivity index (χ3n) is 6.09. The molecule has 2 aromatic rings. The zero-order chi connectivity index (χ0) is 27.3. The van der Waals surface area contributed by atoms with E-state index < -0.39 is 45.9 Å². The average Bonchev–Trinajstić information content (AvgIpc) is 3.35. The number of carboxylic acid groups (broad SMARTS) is 2. The Kier molecular flexibility index (Phi) is 8.66. The number of nitrogens with zero attached hydrogens (tertiary/aromatic N) is 2. The van der Waals surface area contributed by atoms with Crippen molar-refractivity contribution in [3.8, 4) is 0 Å². The molecule has 0 saturated carbocycles. The zero-order valence-corrected chi connectivity index (χ0v) is 21.3. The molecule has 2 aromatic carbocycles. The number of hydrogen-bond acceptors (Lipinski definition) is 6. The lowest BCUT2D eigenvalue weighted by Crippen LogP contribution is -2.52. The molecule has 2 amide bonds. The van der Waals surface area contributed by atoms with Crippen molar-refractivity contribution in [1.29, 1.82) is 0 Å². The smallest absolute Gasteiger partial charge is 0.326 e. The highest BCUT2D eigenvalue weighted by Crippen LogP contribution is 2.30. The van der Waals surface area contributed by atoms with Crippen LogP contribution in [0.2, 0.25) is 0 Å². The van der Waals surface area contributed by atoms with Crippen LogP contribution in [-0.2, 0) is 29.2 Å². The van der Waals surface area contributed by atoms with Gasteiger partial charge >= 0.3 is 11.9 Å². The highest BCUT2D eigenvalue weighted by Gasteiger charge is 2.43. The van der Waals surface area contributed by atoms with E-state index in [1.807, 2.05) is 6.92 Å². The van der Waals surface area contributed by atoms with Crippen LogP contribution in [0, 0.1) is 6.92 Å². The fraction of sp³-hybridized carbons (Fsp3) is 0.360. The second kappa shape index (κ2) is 11.5. The van der Waals surface area contributed by atoms with Crippen LogP contribution >= 0.6 is 0 Å². The van der Waals surface area contributed by atoms with Gasteiger partial charge in [0.2, 0.25) is 21.8 Å². The molecule has 0 radical (unpaired) electrons. The average molecular weight is 532 g/mol. The van der Waals surface area contributed by atoms with Gasteiger partial charge in [0.05, 0.1) is 11.3 Å². The van der Waals surface area contributed by atoms with Crippen LogP contribution in [0.4, 0.5) is 11.4 Å². The Hall–Kier alpha value is -3.77. The maximum Gasteiger partial charge on any atom is 0.326 e. The van der Waals surface area contributed by atoms with E-state index >= 15 is 0 Å². The molecule has 1 fully saturated rings. The summed E-state index contributed by atoms with van der Waals surface area (Å²) in [5.41, 5.74) is 1.43. The van der Waals surface area contributed by atoms with Gasteiger partial charge in [-0.2, -0.15) is 4.31 Å². The first kappa shape index (κ1) is 27.8. The van der Waals surface area contributed by atoms with Crippen LogP contribution in [0.3, 0.4) is 0 Å². The molecule has 1 aliphatic heterocycles. The molecule has 3 N–H and O–H groups in total. The van der Waals surface area contributed by atoms with Crippen LogP contribution in [0.25, 0.3) is 0 Å². The summed E-state index contributed by atoms with van der Waals surface area (Å²) in [5.74, 6) is -3.55. The molecule has 0 aliphatic carbocycles. The number of carboxylic acids is 2. The monoisotopic (exact) mass is 531 g/mol. The minimum absolute atomic E-state index is 0.0543. The highest BCUT2D eigenvalue weighted by molar-refractivity contribution is 7.89. The SMILES string of the molecule is Cc1ccc(S(=O)(=O)N2CCC[C@H]2C(=O)N(c2ccc(NC(=O)CCC(=O)O)cc2)[C@@H](C)C(=O)O)cc1. The molecule has 1 aliphatic rings. The molecule has 1 saturated heterocycles. The zero-order valence-electron chi connectivity index (χ0n) is 20.5. The lowest BCUT2D eigenvalue weighted by molar-refractivity contribution is -0.140. The number of amides is 2. The third-order valence-corrected chi connectivity index (χ3v) is 8.02. The molecular formula is C25H29N3O8S. The van der Waals surface area contributed by atoms with Gasteiger partial charge in [-0.05, 0) is 63.1 Å². The molecule has 37 heavy (non-hydrogen) atoms. The maximum absolute atomic E-state index is 13.7. The van der Waals surface area contributed by atoms with E-state index in [0.29, 0.717) is 12.1 Å². The topological polar surface area (TPSA) is 161 Å². The summed E-state index contributed by atoms with van der Waals surface area (Å²) in [5, 5.41) is 20.9. The number of carbonyl (C=O) groups excluding carboxylic acids is 2. The second-order valence-electron chi connectivity index (χ2n) is 8.80. The van der Waals surface area contributed by atoms with E-state index in [1.54, 1.807) is 12.1 Å². The molecule has 3 rings (SSSR count). The number of aliphatic carboxylic acids is 2. The highest BCUT2D eigenvalue weighted by atomic mass is 32.2. The predicted octanol–water partition coefficient (Wildman–Crippen LogP) is 2.46. The molecule has 12 heteroatoms. The minimum Gasteiger partial charge on any atom is -0.481 e. The Balaban J connectivity index is 1.87. The van der Waals surface area contributed by atoms with Gasteiger partial charge in [0.15, 0.2) is 0 Å². The molecule has 198 valence electrons. The normalized spacial score (nSPS) is 16.6. The van der Waals surface area contributed by atoms with Gasteiger partial charge < -0.3 is 15.5 Å². The number of nitrogens with one attached hydrogen (secondary N) is 1. The number of sulfonamides is 1. The number of hydrogen-bond donors (Lipinski definition) is 3. The van der Waals surface area contributed by atoms with Crippen molar-refractivity contribution in [3.63, 3.8) is 0 Å². The summed E-state index contributed by atoms with van der Waals surface area (Å²) >= 11 is 0. The van der Waals surface area contributed by atoms with E-state index in [1.165, 1.54) is 43.3 Å². The first-order valence-electron chi connectivity index (χ1n) is 11.7. The van der Waals surface area contributed by atoms with Crippen molar-refractivity contribution in [2.45, 2.75) is 56.5 Å². The van der Waals surface area contributed by atoms with Gasteiger partial charge in [0.25, 0.3) is 0 Å². The predicted molar refractivity (Wildman–Crippen MR) is 135 cm³/mol. The van der Waals surface area contributed by atoms with E-state index in [4.69, 9.17) is 5.11 Å². The summed E-state index contributed by atoms with van der Waals surface area (Å²) in [6.45, 7) is 3.29. The van der Waals surface area contributed by atoms with Crippen molar-refractivity contribution in [2.24, 2.45) is 0 Å². The molecule has 0 aromatic heterocycles. The molecule has 0 spiro atoms. The Morgan fingerprint density at radius 1 is 1.03 bits per heavy atom. The van der Waals surface area contributed by atoms with Gasteiger partial charge in [-0.1, -0.05) is 17.7 Å². The Bertz CT molecular complexity index is 1280. The molecule has 2 atom stereocenters. The van der Waals surface area contributed by atoms with Gasteiger partial charge in [0, 0.05) is 24.3 Å². The van der Waals surface area contributed by atoms with Crippen LogP contribution in [0.15, 0.2) is 53.4 Å². The van der Waals surface area contributed by atoms with Crippen LogP contribution < -0.4 is 10.2 Å². The van der Waals surface area contributed by atoms with E-state index in [-0.39, 0.29) is 36.4 Å². The summed E-state index contributed by atoms with van der Waals surface area (Å²) in [6, 6.07) is 9.71. The van der Waals surface area contributed by atoms with Crippen LogP contribution in [0.5, 0.6) is 0 Å². The lowest BCUT2D eigenvalue weighted by Gasteiger charge is -2.32. The fourth-order valence-electron chi connectivity index (χ4n) is 4.08. The molecule has 0 bridgehead atoms. The van der Waals surface area contributed by atoms with Crippen molar-refractivity contribution in [3.05, 3.63) is 54.1 Å². The fourth-order valence-corrected chi connectivity index (χ4v) is 5.73. The first-order valence-corrected chi connectivity index (χ1v) is 13.1. The third kappa shape index (κ3) is 6.52. The number of rotatable bonds is 10. The van der Waals surface area contributed by atoms with Crippen molar-refractivity contribution >= 4 is 45.2 Å². The number of aryl methyl sites for hydroxylation is 1. The summed E-state index contributed by atoms with van der Waals surface area (Å²) in [4.78, 5) is 49.2. The van der Waals surface area contributed by atoms with Crippen molar-refractivity contribution in [1.82, 2.24) is 4.31 Å². The Morgan fingerprint density at radius 3 is 2.22 bits per heavy atom. The Morgan fingerprint density at radius 2 is 1.65 bits per heavy atom. The number of carbonyl (C=O) groups is 4. The summed E-state index contributed by atoms with van der Waals surface area (Å²) in [6.07, 6.45) is 0.138. The minimum atomic E-state index is -3.99. The number of anilines is 2. The quantitative estimate of drug-likeness (QED) is 0.421. The van der Waals surface area contributed by atoms with Gasteiger partial charge in [-0.3, -0.25) is 19.3 Å². The van der Waals surface area contributed by atoms with E-state index in [0.717, 1.165) is 14.8 Å². The standard InChI is InChI=1S/C25H29N3O8S/c1-16-5-11-20(12-6-16)37(35,36)27-15-3-4-21(27)24(32)28(17(2)25(33)34)19-9-7-18(8-10-19)26-22(29)13-14-23(30)31/h5-12,17,21H,3-4,13-15H2,1-2H3,(H,26,29)(H,30,31)(H,33,34)/t17-,21-/m0/s1. The maximum atomic E-state index is 13.7. The van der Waals surface area contributed by atoms with Crippen LogP contribution in [-0.4, -0.2) is 65.3 Å². The van der Waals surface area contributed by atoms with Gasteiger partial charge in [-0.25, -0.2) is 13.2 Å². The largest absolute Gasteiger partial charge is 0.481 e. The van der Waals surface area contributed by atoms with Crippen molar-refractivity contribution < 1.29 is 37.8 Å². The summed E-state index contributed by atoms with van der Waals surface area (Å²) < 4.78 is 27.8. The molecular weight excluding hydrogens is 502 g/mol. The Labute approximate surface area is 214 Å². The first-order chi connectivity index (χ1) is 17.4. The van der Waals surface area contributed by atoms with Crippen LogP contribution in [0.1, 0.15) is 38.2 Å². The van der Waals surface area contributed by atoms with Gasteiger partial charge in [-0.15, -0.1) is 0 Å². The van der Waals surface area contributed by atoms with Crippen molar-refractivity contribution in [2.75, 3.05) is 16.8 Å². The molecule has 1 heterocycles. The second-order valence-corrected chi connectivity index (χ2v) is 10.7. The van der Waals surface area contributed by atoms with Gasteiger partial charge in [0.1, 0.15) is 12.1 Å². The number of benzene rings is 2. The lowest BCUT2D eigenvalue weighted by atomic mass is 10.1. The molecule has 11 nitrogen and oxygen atoms in total. The summed E-state index contributed by atoms with van der Waals surface area (Å²) in [7, 11) is -3.99. The van der Waals surface area contributed by atoms with E-state index in [9.17, 15) is 32.7 Å². The van der Waals surface area contributed by atoms with E-state index in [2.05, 4.69) is 5.32 Å². The molecule has 0 unspecified atom stereocenters.